The number of methoxy groups -OCH3 is 2. The minimum Gasteiger partial charge on any atom is -0.494 e. The average Bonchev–Trinajstić information content (AvgIpc) is 2.53. The van der Waals surface area contributed by atoms with Crippen molar-refractivity contribution < 1.29 is 9.47 Å². The first-order valence-electron chi connectivity index (χ1n) is 7.55. The minimum atomic E-state index is -0.186. The van der Waals surface area contributed by atoms with Gasteiger partial charge in [0.05, 0.1) is 12.8 Å². The topological polar surface area (TPSA) is 31.4 Å². The highest BCUT2D eigenvalue weighted by Crippen LogP contribution is 2.44. The van der Waals surface area contributed by atoms with E-state index >= 15 is 0 Å². The first-order valence-corrected chi connectivity index (χ1v) is 8.53. The molecule has 1 aliphatic carbocycles. The Morgan fingerprint density at radius 1 is 1.09 bits per heavy atom. The second-order valence-corrected chi connectivity index (χ2v) is 6.49. The van der Waals surface area contributed by atoms with Crippen LogP contribution < -0.4 is 4.74 Å². The zero-order valence-electron chi connectivity index (χ0n) is 13.0. The summed E-state index contributed by atoms with van der Waals surface area (Å²) in [6.45, 7) is 0. The van der Waals surface area contributed by atoms with Crippen LogP contribution in [0.15, 0.2) is 47.5 Å². The fraction of sp³-hybridized carbons (Fsp3) is 0.389. The normalized spacial score (nSPS) is 16.1. The molecule has 0 bridgehead atoms. The van der Waals surface area contributed by atoms with Crippen LogP contribution in [0.2, 0.25) is 0 Å². The molecule has 1 aliphatic rings. The van der Waals surface area contributed by atoms with E-state index in [4.69, 9.17) is 14.5 Å². The van der Waals surface area contributed by atoms with Gasteiger partial charge in [-0.15, -0.1) is 0 Å². The first kappa shape index (κ1) is 15.4. The second-order valence-electron chi connectivity index (χ2n) is 5.53. The fourth-order valence-corrected chi connectivity index (χ4v) is 3.68. The molecule has 22 heavy (non-hydrogen) atoms. The Hall–Kier alpha value is -1.52. The molecular formula is C18H21NO2S. The van der Waals surface area contributed by atoms with Gasteiger partial charge in [-0.25, -0.2) is 4.98 Å². The van der Waals surface area contributed by atoms with E-state index in [-0.39, 0.29) is 5.60 Å². The van der Waals surface area contributed by atoms with E-state index in [1.165, 1.54) is 12.0 Å². The molecule has 3 rings (SSSR count). The highest BCUT2D eigenvalue weighted by Gasteiger charge is 2.40. The molecule has 0 radical (unpaired) electrons. The number of aromatic nitrogens is 1. The Balaban J connectivity index is 1.82. The molecule has 116 valence electrons. The van der Waals surface area contributed by atoms with Crippen LogP contribution in [0, 0.1) is 0 Å². The number of ether oxygens (including phenoxy) is 2. The van der Waals surface area contributed by atoms with Crippen LogP contribution in [-0.4, -0.2) is 19.2 Å². The van der Waals surface area contributed by atoms with Crippen molar-refractivity contribution in [2.75, 3.05) is 14.2 Å². The molecule has 1 aromatic heterocycles. The van der Waals surface area contributed by atoms with Crippen LogP contribution in [0.3, 0.4) is 0 Å². The highest BCUT2D eigenvalue weighted by molar-refractivity contribution is 7.98. The third kappa shape index (κ3) is 2.99. The molecular weight excluding hydrogens is 294 g/mol. The van der Waals surface area contributed by atoms with E-state index in [0.717, 1.165) is 35.1 Å². The van der Waals surface area contributed by atoms with Crippen molar-refractivity contribution in [3.63, 3.8) is 0 Å². The Morgan fingerprint density at radius 3 is 2.45 bits per heavy atom. The van der Waals surface area contributed by atoms with E-state index in [1.807, 2.05) is 18.2 Å². The second kappa shape index (κ2) is 6.71. The third-order valence-corrected chi connectivity index (χ3v) is 5.33. The van der Waals surface area contributed by atoms with Crippen LogP contribution in [-0.2, 0) is 16.1 Å². The summed E-state index contributed by atoms with van der Waals surface area (Å²) in [7, 11) is 3.47. The van der Waals surface area contributed by atoms with Gasteiger partial charge in [-0.3, -0.25) is 0 Å². The molecule has 3 nitrogen and oxygen atoms in total. The molecule has 0 N–H and O–H groups in total. The third-order valence-electron chi connectivity index (χ3n) is 4.28. The van der Waals surface area contributed by atoms with Gasteiger partial charge in [0, 0.05) is 12.9 Å². The molecule has 0 aliphatic heterocycles. The van der Waals surface area contributed by atoms with Crippen LogP contribution in [0.5, 0.6) is 5.75 Å². The van der Waals surface area contributed by atoms with Crippen molar-refractivity contribution in [2.45, 2.75) is 35.6 Å². The van der Waals surface area contributed by atoms with Gasteiger partial charge in [-0.1, -0.05) is 42.1 Å². The maximum atomic E-state index is 5.74. The van der Waals surface area contributed by atoms with Crippen molar-refractivity contribution in [1.82, 2.24) is 4.98 Å². The number of hydrogen-bond acceptors (Lipinski definition) is 4. The van der Waals surface area contributed by atoms with Crippen molar-refractivity contribution in [3.05, 3.63) is 53.7 Å². The van der Waals surface area contributed by atoms with Gasteiger partial charge in [0.1, 0.15) is 10.6 Å². The summed E-state index contributed by atoms with van der Waals surface area (Å²) in [5.41, 5.74) is 2.12. The molecule has 1 fully saturated rings. The number of thioether (sulfide) groups is 1. The molecule has 1 heterocycles. The summed E-state index contributed by atoms with van der Waals surface area (Å²) < 4.78 is 11.2. The van der Waals surface area contributed by atoms with E-state index < -0.39 is 0 Å². The Labute approximate surface area is 136 Å². The van der Waals surface area contributed by atoms with Crippen molar-refractivity contribution in [3.8, 4) is 5.75 Å². The summed E-state index contributed by atoms with van der Waals surface area (Å²) in [6.07, 6.45) is 3.30. The number of rotatable bonds is 6. The molecule has 4 heteroatoms. The molecule has 0 unspecified atom stereocenters. The van der Waals surface area contributed by atoms with E-state index in [0.29, 0.717) is 0 Å². The Morgan fingerprint density at radius 2 is 1.86 bits per heavy atom. The number of benzene rings is 1. The molecule has 2 aromatic rings. The lowest BCUT2D eigenvalue weighted by molar-refractivity contribution is -0.0815. The largest absolute Gasteiger partial charge is 0.494 e. The summed E-state index contributed by atoms with van der Waals surface area (Å²) in [6, 6.07) is 14.5. The average molecular weight is 315 g/mol. The zero-order valence-corrected chi connectivity index (χ0v) is 13.9. The molecule has 0 saturated heterocycles. The minimum absolute atomic E-state index is 0.186. The quantitative estimate of drug-likeness (QED) is 0.739. The number of hydrogen-bond donors (Lipinski definition) is 0. The molecule has 0 atom stereocenters. The van der Waals surface area contributed by atoms with Crippen molar-refractivity contribution in [2.24, 2.45) is 0 Å². The predicted octanol–water partition coefficient (Wildman–Crippen LogP) is 4.41. The maximum Gasteiger partial charge on any atom is 0.151 e. The van der Waals surface area contributed by atoms with Crippen LogP contribution in [0.25, 0.3) is 0 Å². The summed E-state index contributed by atoms with van der Waals surface area (Å²) >= 11 is 1.71. The van der Waals surface area contributed by atoms with Gasteiger partial charge >= 0.3 is 0 Å². The first-order chi connectivity index (χ1) is 10.8. The highest BCUT2D eigenvalue weighted by atomic mass is 32.2. The van der Waals surface area contributed by atoms with Crippen LogP contribution in [0.1, 0.15) is 30.5 Å². The van der Waals surface area contributed by atoms with Gasteiger partial charge in [0.2, 0.25) is 0 Å². The van der Waals surface area contributed by atoms with Crippen molar-refractivity contribution in [1.29, 1.82) is 0 Å². The molecule has 1 aromatic carbocycles. The predicted molar refractivity (Wildman–Crippen MR) is 89.3 cm³/mol. The lowest BCUT2D eigenvalue weighted by Gasteiger charge is -2.40. The van der Waals surface area contributed by atoms with Gasteiger partial charge in [-0.05, 0) is 37.0 Å². The Bertz CT molecular complexity index is 621. The van der Waals surface area contributed by atoms with Gasteiger partial charge in [-0.2, -0.15) is 0 Å². The molecule has 0 amide bonds. The SMILES string of the molecule is COc1ccc(C2(OC)CCC2)nc1SCc1ccccc1. The molecule has 1 saturated carbocycles. The van der Waals surface area contributed by atoms with Crippen molar-refractivity contribution >= 4 is 11.8 Å². The summed E-state index contributed by atoms with van der Waals surface area (Å²) in [4.78, 5) is 4.84. The van der Waals surface area contributed by atoms with Gasteiger partial charge in [0.15, 0.2) is 5.75 Å². The smallest absolute Gasteiger partial charge is 0.151 e. The lowest BCUT2D eigenvalue weighted by atomic mass is 9.77. The summed E-state index contributed by atoms with van der Waals surface area (Å²) in [5.74, 6) is 1.71. The monoisotopic (exact) mass is 315 g/mol. The van der Waals surface area contributed by atoms with E-state index in [9.17, 15) is 0 Å². The van der Waals surface area contributed by atoms with E-state index in [2.05, 4.69) is 24.3 Å². The van der Waals surface area contributed by atoms with Crippen LogP contribution >= 0.6 is 11.8 Å². The Kier molecular flexibility index (Phi) is 4.69. The zero-order chi connectivity index (χ0) is 15.4. The van der Waals surface area contributed by atoms with E-state index in [1.54, 1.807) is 26.0 Å². The standard InChI is InChI=1S/C18H21NO2S/c1-20-15-9-10-16(18(21-2)11-6-12-18)19-17(15)22-13-14-7-4-3-5-8-14/h3-5,7-10H,6,11-13H2,1-2H3. The number of nitrogens with zero attached hydrogens (tertiary/aromatic N) is 1. The van der Waals surface area contributed by atoms with Gasteiger partial charge in [0.25, 0.3) is 0 Å². The molecule has 0 spiro atoms. The lowest BCUT2D eigenvalue weighted by Crippen LogP contribution is -2.37. The van der Waals surface area contributed by atoms with Crippen LogP contribution in [0.4, 0.5) is 0 Å². The summed E-state index contributed by atoms with van der Waals surface area (Å²) in [5, 5.41) is 0.937. The maximum absolute atomic E-state index is 5.74. The van der Waals surface area contributed by atoms with Gasteiger partial charge < -0.3 is 9.47 Å². The fourth-order valence-electron chi connectivity index (χ4n) is 2.73. The number of pyridine rings is 1.